The number of nitrogens with one attached hydrogen (secondary N) is 1. The van der Waals surface area contributed by atoms with Gasteiger partial charge in [-0.1, -0.05) is 45.9 Å². The van der Waals surface area contributed by atoms with Crippen molar-refractivity contribution in [1.82, 2.24) is 24.6 Å². The summed E-state index contributed by atoms with van der Waals surface area (Å²) in [4.78, 5) is 36.1. The molecule has 0 spiro atoms. The number of amides is 2. The summed E-state index contributed by atoms with van der Waals surface area (Å²) in [7, 11) is 0. The zero-order chi connectivity index (χ0) is 38.4. The minimum absolute atomic E-state index is 0.0522. The lowest BCUT2D eigenvalue weighted by Crippen LogP contribution is -2.53. The molecule has 1 saturated carbocycles. The lowest BCUT2D eigenvalue weighted by molar-refractivity contribution is -0.197. The molecular weight excluding hydrogens is 690 g/mol. The van der Waals surface area contributed by atoms with Gasteiger partial charge in [-0.25, -0.2) is 9.97 Å². The van der Waals surface area contributed by atoms with Crippen molar-refractivity contribution in [2.24, 2.45) is 5.92 Å². The SMILES string of the molecule is C=C(/C=C(\C=C/CCC)C(F)(F)F)NC(=O)c1ccc(-c2nc([C@H]3CC[C@@H](C(F)(F)F)N(C(=O)C4CC4)C3)n3ccnc(N)c23)c(OCC)c1.CC. The third-order valence-corrected chi connectivity index (χ3v) is 8.63. The van der Waals surface area contributed by atoms with Crippen LogP contribution in [0.15, 0.2) is 66.7 Å². The fraction of sp³-hybridized carbons (Fsp3) is 0.459. The molecule has 1 aromatic carbocycles. The number of nitrogens with zero attached hydrogens (tertiary/aromatic N) is 4. The number of aromatic nitrogens is 3. The number of nitrogens with two attached hydrogens (primary N) is 1. The number of hydrogen-bond acceptors (Lipinski definition) is 6. The van der Waals surface area contributed by atoms with Crippen molar-refractivity contribution < 1.29 is 40.7 Å². The number of anilines is 1. The number of likely N-dealkylation sites (tertiary alicyclic amines) is 1. The summed E-state index contributed by atoms with van der Waals surface area (Å²) in [6.45, 7) is 11.1. The van der Waals surface area contributed by atoms with E-state index in [2.05, 4.69) is 16.9 Å². The molecule has 2 atom stereocenters. The first-order chi connectivity index (χ1) is 24.6. The number of imidazole rings is 1. The summed E-state index contributed by atoms with van der Waals surface area (Å²) in [6, 6.07) is 2.49. The molecule has 0 bridgehead atoms. The maximum atomic E-state index is 14.0. The van der Waals surface area contributed by atoms with E-state index in [0.717, 1.165) is 17.1 Å². The number of allylic oxidation sites excluding steroid dienone is 4. The van der Waals surface area contributed by atoms with Crippen LogP contribution in [0.5, 0.6) is 5.75 Å². The molecule has 2 amide bonds. The van der Waals surface area contributed by atoms with Gasteiger partial charge in [0.25, 0.3) is 5.91 Å². The van der Waals surface area contributed by atoms with Gasteiger partial charge in [0.2, 0.25) is 5.91 Å². The average molecular weight is 735 g/mol. The van der Waals surface area contributed by atoms with Crippen molar-refractivity contribution in [3.63, 3.8) is 0 Å². The van der Waals surface area contributed by atoms with E-state index < -0.39 is 47.6 Å². The fourth-order valence-electron chi connectivity index (χ4n) is 6.07. The van der Waals surface area contributed by atoms with Crippen molar-refractivity contribution in [3.05, 3.63) is 78.1 Å². The topological polar surface area (TPSA) is 115 Å². The number of piperidine rings is 1. The summed E-state index contributed by atoms with van der Waals surface area (Å²) in [5.41, 5.74) is 6.16. The number of benzene rings is 1. The Labute approximate surface area is 298 Å². The van der Waals surface area contributed by atoms with Crippen LogP contribution in [0.2, 0.25) is 0 Å². The van der Waals surface area contributed by atoms with Gasteiger partial charge in [0.05, 0.1) is 12.2 Å². The molecule has 52 heavy (non-hydrogen) atoms. The van der Waals surface area contributed by atoms with E-state index in [-0.39, 0.29) is 48.8 Å². The molecule has 2 aliphatic rings. The van der Waals surface area contributed by atoms with E-state index >= 15 is 0 Å². The van der Waals surface area contributed by atoms with Gasteiger partial charge in [-0.15, -0.1) is 0 Å². The first-order valence-corrected chi connectivity index (χ1v) is 17.4. The summed E-state index contributed by atoms with van der Waals surface area (Å²) in [6.07, 6.45) is -1.05. The molecule has 1 aliphatic carbocycles. The third kappa shape index (κ3) is 9.15. The summed E-state index contributed by atoms with van der Waals surface area (Å²) < 4.78 is 90.2. The number of carbonyl (C=O) groups is 2. The Morgan fingerprint density at radius 3 is 2.42 bits per heavy atom. The maximum Gasteiger partial charge on any atom is 0.416 e. The van der Waals surface area contributed by atoms with Gasteiger partial charge >= 0.3 is 12.4 Å². The number of alkyl halides is 6. The van der Waals surface area contributed by atoms with E-state index in [1.54, 1.807) is 17.5 Å². The first kappa shape index (κ1) is 40.0. The van der Waals surface area contributed by atoms with Gasteiger partial charge in [0, 0.05) is 47.6 Å². The predicted molar refractivity (Wildman–Crippen MR) is 186 cm³/mol. The van der Waals surface area contributed by atoms with Crippen molar-refractivity contribution in [2.45, 2.75) is 90.5 Å². The fourth-order valence-corrected chi connectivity index (χ4v) is 6.07. The lowest BCUT2D eigenvalue weighted by atomic mass is 9.91. The van der Waals surface area contributed by atoms with Crippen LogP contribution < -0.4 is 15.8 Å². The molecule has 1 aliphatic heterocycles. The molecule has 2 fully saturated rings. The van der Waals surface area contributed by atoms with E-state index in [4.69, 9.17) is 15.5 Å². The van der Waals surface area contributed by atoms with E-state index in [0.29, 0.717) is 48.3 Å². The van der Waals surface area contributed by atoms with Gasteiger partial charge in [-0.3, -0.25) is 14.0 Å². The highest BCUT2D eigenvalue weighted by molar-refractivity contribution is 5.97. The van der Waals surface area contributed by atoms with Gasteiger partial charge in [-0.05, 0) is 63.3 Å². The summed E-state index contributed by atoms with van der Waals surface area (Å²) in [5, 5.41) is 2.38. The van der Waals surface area contributed by atoms with Gasteiger partial charge < -0.3 is 20.7 Å². The molecular formula is C37H44F6N6O3. The van der Waals surface area contributed by atoms with Gasteiger partial charge in [-0.2, -0.15) is 26.3 Å². The first-order valence-electron chi connectivity index (χ1n) is 17.4. The Bertz CT molecular complexity index is 1830. The number of carbonyl (C=O) groups excluding carboxylic acids is 2. The predicted octanol–water partition coefficient (Wildman–Crippen LogP) is 8.54. The molecule has 5 rings (SSSR count). The smallest absolute Gasteiger partial charge is 0.416 e. The quantitative estimate of drug-likeness (QED) is 0.151. The van der Waals surface area contributed by atoms with Crippen LogP contribution in [0.25, 0.3) is 16.8 Å². The molecule has 0 unspecified atom stereocenters. The Balaban J connectivity index is 0.00000297. The molecule has 282 valence electrons. The maximum absolute atomic E-state index is 14.0. The average Bonchev–Trinajstić information content (AvgIpc) is 3.87. The second kappa shape index (κ2) is 16.7. The molecule has 15 heteroatoms. The van der Waals surface area contributed by atoms with Gasteiger partial charge in [0.15, 0.2) is 0 Å². The van der Waals surface area contributed by atoms with Crippen LogP contribution in [0.3, 0.4) is 0 Å². The normalized spacial score (nSPS) is 18.3. The number of halogens is 6. The molecule has 0 radical (unpaired) electrons. The Morgan fingerprint density at radius 2 is 1.81 bits per heavy atom. The Kier molecular flexibility index (Phi) is 12.8. The van der Waals surface area contributed by atoms with Crippen molar-refractivity contribution in [2.75, 3.05) is 18.9 Å². The zero-order valence-corrected chi connectivity index (χ0v) is 29.6. The van der Waals surface area contributed by atoms with Crippen molar-refractivity contribution in [3.8, 4) is 17.0 Å². The summed E-state index contributed by atoms with van der Waals surface area (Å²) >= 11 is 0. The Hall–Kier alpha value is -4.82. The molecule has 1 saturated heterocycles. The Morgan fingerprint density at radius 1 is 1.10 bits per heavy atom. The number of rotatable bonds is 11. The largest absolute Gasteiger partial charge is 0.493 e. The van der Waals surface area contributed by atoms with Crippen molar-refractivity contribution in [1.29, 1.82) is 0 Å². The van der Waals surface area contributed by atoms with E-state index in [9.17, 15) is 35.9 Å². The zero-order valence-electron chi connectivity index (χ0n) is 29.6. The monoisotopic (exact) mass is 734 g/mol. The number of unbranched alkanes of at least 4 members (excludes halogenated alkanes) is 1. The van der Waals surface area contributed by atoms with Crippen molar-refractivity contribution >= 4 is 23.1 Å². The highest BCUT2D eigenvalue weighted by Gasteiger charge is 2.51. The third-order valence-electron chi connectivity index (χ3n) is 8.63. The van der Waals surface area contributed by atoms with Crippen LogP contribution in [0.4, 0.5) is 32.2 Å². The van der Waals surface area contributed by atoms with E-state index in [1.165, 1.54) is 30.5 Å². The highest BCUT2D eigenvalue weighted by atomic mass is 19.4. The van der Waals surface area contributed by atoms with E-state index in [1.807, 2.05) is 20.8 Å². The number of ether oxygens (including phenoxy) is 1. The molecule has 3 heterocycles. The number of nitrogen functional groups attached to an aromatic ring is 1. The minimum atomic E-state index is -4.66. The van der Waals surface area contributed by atoms with Crippen LogP contribution >= 0.6 is 0 Å². The lowest BCUT2D eigenvalue weighted by Gasteiger charge is -2.40. The molecule has 3 aromatic rings. The minimum Gasteiger partial charge on any atom is -0.493 e. The van der Waals surface area contributed by atoms with Crippen LogP contribution in [-0.4, -0.2) is 62.6 Å². The molecule has 3 N–H and O–H groups in total. The second-order valence-electron chi connectivity index (χ2n) is 12.4. The van der Waals surface area contributed by atoms with Gasteiger partial charge in [0.1, 0.15) is 34.6 Å². The van der Waals surface area contributed by atoms with Crippen LogP contribution in [0, 0.1) is 5.92 Å². The molecule has 2 aromatic heterocycles. The standard InChI is InChI=1S/C35H38F6N6O3.C2H6/c1-4-6-7-8-24(34(36,37)38)17-20(3)44-32(48)22-11-13-25(26(18-22)50-5-2)28-29-30(42)43-15-16-46(29)31(45-28)23-12-14-27(35(39,40)41)47(19-23)33(49)21-9-10-21;1-2/h7-8,11,13,15-18,21,23,27H,3-6,9-10,12,14,19H2,1-2H3,(H2,42,43)(H,44,48);1-2H3/b8-7-,24-17+;/t23-,27-;/m0./s1. The highest BCUT2D eigenvalue weighted by Crippen LogP contribution is 2.43. The number of fused-ring (bicyclic) bond motifs is 1. The summed E-state index contributed by atoms with van der Waals surface area (Å²) in [5.74, 6) is -1.55. The number of hydrogen-bond donors (Lipinski definition) is 2. The molecule has 9 nitrogen and oxygen atoms in total. The van der Waals surface area contributed by atoms with Crippen LogP contribution in [0.1, 0.15) is 88.3 Å². The second-order valence-corrected chi connectivity index (χ2v) is 12.4. The van der Waals surface area contributed by atoms with Crippen LogP contribution in [-0.2, 0) is 4.79 Å².